The second-order valence-electron chi connectivity index (χ2n) is 4.36. The molecule has 1 aromatic rings. The van der Waals surface area contributed by atoms with Crippen molar-refractivity contribution >= 4 is 5.82 Å². The third-order valence-electron chi connectivity index (χ3n) is 3.11. The first-order valence-electron chi connectivity index (χ1n) is 5.68. The number of aromatic nitrogens is 1. The van der Waals surface area contributed by atoms with Gasteiger partial charge >= 0.3 is 6.18 Å². The van der Waals surface area contributed by atoms with Crippen LogP contribution in [0.5, 0.6) is 0 Å². The number of nitriles is 1. The summed E-state index contributed by atoms with van der Waals surface area (Å²) in [6.45, 7) is 2.57. The van der Waals surface area contributed by atoms with Crippen molar-refractivity contribution in [2.24, 2.45) is 0 Å². The topological polar surface area (TPSA) is 39.9 Å². The summed E-state index contributed by atoms with van der Waals surface area (Å²) < 4.78 is 37.9. The van der Waals surface area contributed by atoms with Gasteiger partial charge in [-0.1, -0.05) is 0 Å². The molecule has 1 fully saturated rings. The van der Waals surface area contributed by atoms with Crippen molar-refractivity contribution in [3.05, 3.63) is 23.4 Å². The number of pyridine rings is 1. The molecule has 1 aromatic heterocycles. The predicted octanol–water partition coefficient (Wildman–Crippen LogP) is 2.96. The van der Waals surface area contributed by atoms with E-state index in [1.807, 2.05) is 13.0 Å². The molecule has 1 atom stereocenters. The Hall–Kier alpha value is -1.77. The highest BCUT2D eigenvalue weighted by Crippen LogP contribution is 2.32. The van der Waals surface area contributed by atoms with Crippen LogP contribution in [0.1, 0.15) is 31.0 Å². The zero-order valence-electron chi connectivity index (χ0n) is 9.83. The molecule has 0 amide bonds. The van der Waals surface area contributed by atoms with Gasteiger partial charge in [-0.3, -0.25) is 0 Å². The molecule has 0 saturated carbocycles. The Morgan fingerprint density at radius 1 is 1.44 bits per heavy atom. The molecule has 2 heterocycles. The average Bonchev–Trinajstić information content (AvgIpc) is 2.73. The predicted molar refractivity (Wildman–Crippen MR) is 60.0 cm³/mol. The third-order valence-corrected chi connectivity index (χ3v) is 3.11. The van der Waals surface area contributed by atoms with Crippen molar-refractivity contribution in [2.75, 3.05) is 11.4 Å². The molecule has 0 spiro atoms. The van der Waals surface area contributed by atoms with E-state index in [0.29, 0.717) is 6.54 Å². The molecule has 0 radical (unpaired) electrons. The van der Waals surface area contributed by atoms with Crippen LogP contribution < -0.4 is 4.90 Å². The summed E-state index contributed by atoms with van der Waals surface area (Å²) in [5.41, 5.74) is -0.757. The fourth-order valence-electron chi connectivity index (χ4n) is 2.16. The Balaban J connectivity index is 2.47. The van der Waals surface area contributed by atoms with Crippen molar-refractivity contribution in [3.63, 3.8) is 0 Å². The Kier molecular flexibility index (Phi) is 3.16. The van der Waals surface area contributed by atoms with Gasteiger partial charge in [-0.25, -0.2) is 4.98 Å². The Bertz CT molecular complexity index is 490. The summed E-state index contributed by atoms with van der Waals surface area (Å²) in [6.07, 6.45) is -2.67. The van der Waals surface area contributed by atoms with Gasteiger partial charge in [0.2, 0.25) is 0 Å². The Labute approximate surface area is 103 Å². The van der Waals surface area contributed by atoms with Crippen LogP contribution in [0, 0.1) is 11.3 Å². The maximum absolute atomic E-state index is 12.6. The van der Waals surface area contributed by atoms with Crippen LogP contribution in [0.3, 0.4) is 0 Å². The Morgan fingerprint density at radius 3 is 2.67 bits per heavy atom. The molecule has 1 aliphatic rings. The van der Waals surface area contributed by atoms with Crippen LogP contribution in [0.15, 0.2) is 12.1 Å². The normalized spacial score (nSPS) is 19.9. The third kappa shape index (κ3) is 2.26. The lowest BCUT2D eigenvalue weighted by Gasteiger charge is -2.24. The number of halogens is 3. The second kappa shape index (κ2) is 4.48. The number of anilines is 1. The van der Waals surface area contributed by atoms with Crippen molar-refractivity contribution in [1.82, 2.24) is 4.98 Å². The van der Waals surface area contributed by atoms with Crippen LogP contribution in [0.2, 0.25) is 0 Å². The molecular formula is C12H12F3N3. The van der Waals surface area contributed by atoms with Crippen LogP contribution in [0.4, 0.5) is 19.0 Å². The van der Waals surface area contributed by atoms with Crippen LogP contribution in [0.25, 0.3) is 0 Å². The van der Waals surface area contributed by atoms with Gasteiger partial charge in [-0.2, -0.15) is 18.4 Å². The fraction of sp³-hybridized carbons (Fsp3) is 0.500. The highest BCUT2D eigenvalue weighted by molar-refractivity contribution is 5.55. The van der Waals surface area contributed by atoms with E-state index >= 15 is 0 Å². The van der Waals surface area contributed by atoms with E-state index in [0.717, 1.165) is 18.9 Å². The molecular weight excluding hydrogens is 243 g/mol. The number of hydrogen-bond acceptors (Lipinski definition) is 3. The van der Waals surface area contributed by atoms with Gasteiger partial charge < -0.3 is 4.90 Å². The Morgan fingerprint density at radius 2 is 2.17 bits per heavy atom. The lowest BCUT2D eigenvalue weighted by Crippen LogP contribution is -2.28. The van der Waals surface area contributed by atoms with Gasteiger partial charge in [-0.15, -0.1) is 0 Å². The summed E-state index contributed by atoms with van der Waals surface area (Å²) in [6, 6.07) is 4.06. The second-order valence-corrected chi connectivity index (χ2v) is 4.36. The van der Waals surface area contributed by atoms with Crippen LogP contribution in [-0.4, -0.2) is 17.6 Å². The van der Waals surface area contributed by atoms with Gasteiger partial charge in [0.15, 0.2) is 0 Å². The minimum absolute atomic E-state index is 0.119. The highest BCUT2D eigenvalue weighted by Gasteiger charge is 2.34. The van der Waals surface area contributed by atoms with E-state index in [1.54, 1.807) is 4.90 Å². The van der Waals surface area contributed by atoms with Crippen LogP contribution >= 0.6 is 0 Å². The number of alkyl halides is 3. The van der Waals surface area contributed by atoms with E-state index in [9.17, 15) is 13.2 Å². The molecule has 2 rings (SSSR count). The standard InChI is InChI=1S/C12H12F3N3/c1-8-3-2-6-18(8)11-9(7-16)4-5-10(17-11)12(13,14)15/h4-5,8H,2-3,6H2,1H3. The van der Waals surface area contributed by atoms with E-state index < -0.39 is 11.9 Å². The molecule has 1 saturated heterocycles. The zero-order chi connectivity index (χ0) is 13.3. The molecule has 1 aliphatic heterocycles. The van der Waals surface area contributed by atoms with Gasteiger partial charge in [0.1, 0.15) is 17.6 Å². The van der Waals surface area contributed by atoms with Gasteiger partial charge in [-0.05, 0) is 31.9 Å². The largest absolute Gasteiger partial charge is 0.433 e. The monoisotopic (exact) mass is 255 g/mol. The summed E-state index contributed by atoms with van der Waals surface area (Å²) >= 11 is 0. The number of rotatable bonds is 1. The maximum Gasteiger partial charge on any atom is 0.433 e. The van der Waals surface area contributed by atoms with Gasteiger partial charge in [0.05, 0.1) is 5.56 Å². The summed E-state index contributed by atoms with van der Waals surface area (Å²) in [4.78, 5) is 5.40. The summed E-state index contributed by atoms with van der Waals surface area (Å²) in [5.74, 6) is 0.150. The number of hydrogen-bond donors (Lipinski definition) is 0. The summed E-state index contributed by atoms with van der Waals surface area (Å²) in [5, 5.41) is 8.96. The molecule has 96 valence electrons. The molecule has 18 heavy (non-hydrogen) atoms. The van der Waals surface area contributed by atoms with Crippen molar-refractivity contribution < 1.29 is 13.2 Å². The maximum atomic E-state index is 12.6. The smallest absolute Gasteiger partial charge is 0.353 e. The molecule has 0 aliphatic carbocycles. The van der Waals surface area contributed by atoms with E-state index in [4.69, 9.17) is 5.26 Å². The minimum Gasteiger partial charge on any atom is -0.353 e. The lowest BCUT2D eigenvalue weighted by molar-refractivity contribution is -0.141. The van der Waals surface area contributed by atoms with Crippen LogP contribution in [-0.2, 0) is 6.18 Å². The van der Waals surface area contributed by atoms with E-state index in [1.165, 1.54) is 6.07 Å². The molecule has 6 heteroatoms. The minimum atomic E-state index is -4.48. The number of nitrogens with zero attached hydrogens (tertiary/aromatic N) is 3. The first-order chi connectivity index (χ1) is 8.43. The van der Waals surface area contributed by atoms with E-state index in [-0.39, 0.29) is 17.4 Å². The lowest BCUT2D eigenvalue weighted by atomic mass is 10.2. The van der Waals surface area contributed by atoms with Gasteiger partial charge in [0.25, 0.3) is 0 Å². The highest BCUT2D eigenvalue weighted by atomic mass is 19.4. The van der Waals surface area contributed by atoms with Gasteiger partial charge in [0, 0.05) is 12.6 Å². The molecule has 1 unspecified atom stereocenters. The quantitative estimate of drug-likeness (QED) is 0.774. The average molecular weight is 255 g/mol. The SMILES string of the molecule is CC1CCCN1c1nc(C(F)(F)F)ccc1C#N. The first kappa shape index (κ1) is 12.7. The molecule has 0 bridgehead atoms. The molecule has 0 N–H and O–H groups in total. The molecule has 3 nitrogen and oxygen atoms in total. The van der Waals surface area contributed by atoms with Crippen molar-refractivity contribution in [3.8, 4) is 6.07 Å². The summed E-state index contributed by atoms with van der Waals surface area (Å²) in [7, 11) is 0. The zero-order valence-corrected chi connectivity index (χ0v) is 9.83. The van der Waals surface area contributed by atoms with Crippen molar-refractivity contribution in [1.29, 1.82) is 5.26 Å². The van der Waals surface area contributed by atoms with Crippen molar-refractivity contribution in [2.45, 2.75) is 32.0 Å². The molecule has 0 aromatic carbocycles. The fourth-order valence-corrected chi connectivity index (χ4v) is 2.16. The van der Waals surface area contributed by atoms with E-state index in [2.05, 4.69) is 4.98 Å². The first-order valence-corrected chi connectivity index (χ1v) is 5.68.